The van der Waals surface area contributed by atoms with E-state index in [2.05, 4.69) is 20.1 Å². The molecule has 0 atom stereocenters. The van der Waals surface area contributed by atoms with Crippen molar-refractivity contribution in [2.24, 2.45) is 0 Å². The summed E-state index contributed by atoms with van der Waals surface area (Å²) in [7, 11) is -3.02. The van der Waals surface area contributed by atoms with Crippen molar-refractivity contribution in [2.45, 2.75) is 6.92 Å². The minimum absolute atomic E-state index is 0.119. The predicted molar refractivity (Wildman–Crippen MR) is 151 cm³/mol. The molecule has 2 fully saturated rings. The smallest absolute Gasteiger partial charge is 0.153 e. The van der Waals surface area contributed by atoms with E-state index in [1.807, 2.05) is 31.2 Å². The van der Waals surface area contributed by atoms with Gasteiger partial charge in [-0.15, -0.1) is 0 Å². The largest absolute Gasteiger partial charge is 0.378 e. The Balaban J connectivity index is 1.48. The van der Waals surface area contributed by atoms with Gasteiger partial charge in [0.25, 0.3) is 0 Å². The SMILES string of the molecule is Cc1c(-c2ccccn2)nc2cc(F)ccc2c1Nc1cc(N2CCS(=O)(=O)CC2)cnc1N1CCOCC1. The predicted octanol–water partition coefficient (Wildman–Crippen LogP) is 3.95. The molecule has 0 bridgehead atoms. The maximum Gasteiger partial charge on any atom is 0.153 e. The van der Waals surface area contributed by atoms with Crippen LogP contribution in [0, 0.1) is 12.7 Å². The number of pyridine rings is 3. The van der Waals surface area contributed by atoms with Crippen molar-refractivity contribution < 1.29 is 17.5 Å². The van der Waals surface area contributed by atoms with E-state index in [1.54, 1.807) is 18.5 Å². The van der Waals surface area contributed by atoms with Gasteiger partial charge in [-0.05, 0) is 37.3 Å². The van der Waals surface area contributed by atoms with Crippen molar-refractivity contribution in [3.05, 3.63) is 66.2 Å². The Hall–Kier alpha value is -3.83. The van der Waals surface area contributed by atoms with Crippen LogP contribution in [0.15, 0.2) is 54.9 Å². The third kappa shape index (κ3) is 5.24. The molecule has 6 rings (SSSR count). The van der Waals surface area contributed by atoms with E-state index in [0.29, 0.717) is 56.3 Å². The monoisotopic (exact) mass is 548 g/mol. The Morgan fingerprint density at radius 2 is 1.77 bits per heavy atom. The van der Waals surface area contributed by atoms with Gasteiger partial charge in [-0.1, -0.05) is 6.07 Å². The highest BCUT2D eigenvalue weighted by molar-refractivity contribution is 7.91. The van der Waals surface area contributed by atoms with Crippen LogP contribution < -0.4 is 15.1 Å². The molecule has 0 unspecified atom stereocenters. The van der Waals surface area contributed by atoms with Gasteiger partial charge in [-0.25, -0.2) is 22.8 Å². The minimum Gasteiger partial charge on any atom is -0.378 e. The topological polar surface area (TPSA) is 101 Å². The number of anilines is 4. The summed E-state index contributed by atoms with van der Waals surface area (Å²) in [6, 6.07) is 12.2. The molecule has 39 heavy (non-hydrogen) atoms. The van der Waals surface area contributed by atoms with Gasteiger partial charge in [0.15, 0.2) is 15.7 Å². The molecular formula is C28H29FN6O3S. The molecule has 1 aromatic carbocycles. The van der Waals surface area contributed by atoms with Crippen LogP contribution >= 0.6 is 0 Å². The molecule has 5 heterocycles. The fourth-order valence-electron chi connectivity index (χ4n) is 5.09. The zero-order valence-electron chi connectivity index (χ0n) is 21.6. The highest BCUT2D eigenvalue weighted by atomic mass is 32.2. The lowest BCUT2D eigenvalue weighted by Crippen LogP contribution is -2.40. The number of nitrogens with one attached hydrogen (secondary N) is 1. The van der Waals surface area contributed by atoms with Crippen molar-refractivity contribution >= 4 is 43.6 Å². The number of ether oxygens (including phenoxy) is 1. The zero-order valence-corrected chi connectivity index (χ0v) is 22.4. The van der Waals surface area contributed by atoms with Crippen LogP contribution in [-0.4, -0.2) is 74.3 Å². The average Bonchev–Trinajstić information content (AvgIpc) is 2.95. The molecule has 0 aliphatic carbocycles. The molecule has 0 amide bonds. The maximum absolute atomic E-state index is 14.3. The minimum atomic E-state index is -3.02. The summed E-state index contributed by atoms with van der Waals surface area (Å²) in [5.41, 5.74) is 5.15. The van der Waals surface area contributed by atoms with Crippen LogP contribution in [0.2, 0.25) is 0 Å². The lowest BCUT2D eigenvalue weighted by molar-refractivity contribution is 0.122. The van der Waals surface area contributed by atoms with Crippen molar-refractivity contribution in [1.29, 1.82) is 0 Å². The third-order valence-corrected chi connectivity index (χ3v) is 8.84. The number of morpholine rings is 1. The molecule has 2 saturated heterocycles. The quantitative estimate of drug-likeness (QED) is 0.397. The third-order valence-electron chi connectivity index (χ3n) is 7.23. The maximum atomic E-state index is 14.3. The standard InChI is InChI=1S/C28H29FN6O3S/c1-19-26(22-6-5-20(29)16-24(22)32-27(19)23-4-2-3-7-30-23)33-25-17-21(34-10-14-39(36,37)15-11-34)18-31-28(25)35-8-12-38-13-9-35/h2-7,16-18H,8-15H2,1H3,(H,32,33). The second-order valence-corrected chi connectivity index (χ2v) is 12.1. The highest BCUT2D eigenvalue weighted by Gasteiger charge is 2.25. The van der Waals surface area contributed by atoms with Crippen LogP contribution in [0.1, 0.15) is 5.56 Å². The first-order valence-electron chi connectivity index (χ1n) is 12.9. The van der Waals surface area contributed by atoms with E-state index in [9.17, 15) is 12.8 Å². The Morgan fingerprint density at radius 3 is 2.51 bits per heavy atom. The lowest BCUT2D eigenvalue weighted by atomic mass is 10.0. The molecule has 4 aromatic rings. The second-order valence-electron chi connectivity index (χ2n) is 9.76. The molecule has 2 aliphatic heterocycles. The Morgan fingerprint density at radius 1 is 0.974 bits per heavy atom. The number of benzene rings is 1. The van der Waals surface area contributed by atoms with E-state index in [-0.39, 0.29) is 17.3 Å². The lowest BCUT2D eigenvalue weighted by Gasteiger charge is -2.32. The van der Waals surface area contributed by atoms with Gasteiger partial charge >= 0.3 is 0 Å². The number of sulfone groups is 1. The van der Waals surface area contributed by atoms with Gasteiger partial charge in [0.1, 0.15) is 5.82 Å². The Labute approximate surface area is 226 Å². The number of hydrogen-bond donors (Lipinski definition) is 1. The van der Waals surface area contributed by atoms with Gasteiger partial charge in [-0.3, -0.25) is 4.98 Å². The summed E-state index contributed by atoms with van der Waals surface area (Å²) >= 11 is 0. The summed E-state index contributed by atoms with van der Waals surface area (Å²) in [6.45, 7) is 5.41. The van der Waals surface area contributed by atoms with Gasteiger partial charge in [-0.2, -0.15) is 0 Å². The van der Waals surface area contributed by atoms with E-state index >= 15 is 0 Å². The van der Waals surface area contributed by atoms with Crippen LogP contribution in [0.4, 0.5) is 27.3 Å². The first-order chi connectivity index (χ1) is 18.9. The van der Waals surface area contributed by atoms with E-state index in [0.717, 1.165) is 33.8 Å². The first kappa shape index (κ1) is 25.4. The van der Waals surface area contributed by atoms with Crippen LogP contribution in [0.25, 0.3) is 22.3 Å². The molecule has 9 nitrogen and oxygen atoms in total. The normalized spacial score (nSPS) is 17.4. The summed E-state index contributed by atoms with van der Waals surface area (Å²) in [5.74, 6) is 0.648. The summed E-state index contributed by atoms with van der Waals surface area (Å²) in [4.78, 5) is 18.3. The number of nitrogens with zero attached hydrogens (tertiary/aromatic N) is 5. The van der Waals surface area contributed by atoms with E-state index in [1.165, 1.54) is 12.1 Å². The van der Waals surface area contributed by atoms with Crippen LogP contribution in [0.5, 0.6) is 0 Å². The van der Waals surface area contributed by atoms with Crippen molar-refractivity contribution in [2.75, 3.05) is 66.0 Å². The molecule has 3 aromatic heterocycles. The summed E-state index contributed by atoms with van der Waals surface area (Å²) in [6.07, 6.45) is 3.52. The number of aromatic nitrogens is 3. The molecule has 202 valence electrons. The highest BCUT2D eigenvalue weighted by Crippen LogP contribution is 2.38. The Bertz CT molecular complexity index is 1610. The van der Waals surface area contributed by atoms with E-state index in [4.69, 9.17) is 14.7 Å². The summed E-state index contributed by atoms with van der Waals surface area (Å²) < 4.78 is 43.9. The van der Waals surface area contributed by atoms with Gasteiger partial charge < -0.3 is 19.9 Å². The zero-order chi connectivity index (χ0) is 27.0. The molecule has 11 heteroatoms. The number of rotatable bonds is 5. The number of hydrogen-bond acceptors (Lipinski definition) is 9. The molecule has 2 aliphatic rings. The van der Waals surface area contributed by atoms with Crippen LogP contribution in [0.3, 0.4) is 0 Å². The molecule has 0 saturated carbocycles. The van der Waals surface area contributed by atoms with Crippen molar-refractivity contribution in [3.8, 4) is 11.4 Å². The molecular weight excluding hydrogens is 519 g/mol. The number of fused-ring (bicyclic) bond motifs is 1. The molecule has 0 radical (unpaired) electrons. The van der Waals surface area contributed by atoms with Crippen molar-refractivity contribution in [1.82, 2.24) is 15.0 Å². The van der Waals surface area contributed by atoms with Crippen LogP contribution in [-0.2, 0) is 14.6 Å². The second kappa shape index (κ2) is 10.4. The van der Waals surface area contributed by atoms with Crippen molar-refractivity contribution in [3.63, 3.8) is 0 Å². The fraction of sp³-hybridized carbons (Fsp3) is 0.321. The average molecular weight is 549 g/mol. The first-order valence-corrected chi connectivity index (χ1v) is 14.8. The van der Waals surface area contributed by atoms with Gasteiger partial charge in [0.2, 0.25) is 0 Å². The molecule has 0 spiro atoms. The summed E-state index contributed by atoms with van der Waals surface area (Å²) in [5, 5.41) is 4.40. The fourth-order valence-corrected chi connectivity index (χ4v) is 6.29. The van der Waals surface area contributed by atoms with E-state index < -0.39 is 9.84 Å². The molecule has 1 N–H and O–H groups in total. The van der Waals surface area contributed by atoms with Gasteiger partial charge in [0, 0.05) is 49.4 Å². The van der Waals surface area contributed by atoms with Gasteiger partial charge in [0.05, 0.1) is 64.9 Å². The number of halogens is 1. The Kier molecular flexibility index (Phi) is 6.78.